The van der Waals surface area contributed by atoms with Crippen molar-refractivity contribution in [3.8, 4) is 0 Å². The van der Waals surface area contributed by atoms with Crippen LogP contribution < -0.4 is 9.62 Å². The first kappa shape index (κ1) is 12.5. The first-order valence-electron chi connectivity index (χ1n) is 6.32. The summed E-state index contributed by atoms with van der Waals surface area (Å²) in [5, 5.41) is 3.26. The fourth-order valence-corrected chi connectivity index (χ4v) is 3.97. The summed E-state index contributed by atoms with van der Waals surface area (Å²) in [6.07, 6.45) is 1.92. The van der Waals surface area contributed by atoms with Gasteiger partial charge in [-0.25, -0.2) is 12.7 Å². The summed E-state index contributed by atoms with van der Waals surface area (Å²) in [6.45, 7) is 3.82. The number of amides is 1. The lowest BCUT2D eigenvalue weighted by Gasteiger charge is -2.43. The van der Waals surface area contributed by atoms with Gasteiger partial charge in [-0.3, -0.25) is 4.79 Å². The van der Waals surface area contributed by atoms with Crippen LogP contribution in [0.5, 0.6) is 0 Å². The normalized spacial score (nSPS) is 23.3. The lowest BCUT2D eigenvalue weighted by Crippen LogP contribution is -2.67. The van der Waals surface area contributed by atoms with Crippen LogP contribution in [0, 0.1) is 0 Å². The molecular formula is C13H16N2O3S. The first-order chi connectivity index (χ1) is 8.85. The third-order valence-electron chi connectivity index (χ3n) is 3.85. The van der Waals surface area contributed by atoms with Crippen LogP contribution in [-0.2, 0) is 21.2 Å². The molecule has 3 rings (SSSR count). The van der Waals surface area contributed by atoms with Gasteiger partial charge in [0.25, 0.3) is 15.9 Å². The van der Waals surface area contributed by atoms with Gasteiger partial charge in [0, 0.05) is 12.2 Å². The van der Waals surface area contributed by atoms with Gasteiger partial charge in [-0.15, -0.1) is 0 Å². The van der Waals surface area contributed by atoms with E-state index in [2.05, 4.69) is 5.32 Å². The monoisotopic (exact) mass is 280 g/mol. The largest absolute Gasteiger partial charge is 0.385 e. The lowest BCUT2D eigenvalue weighted by molar-refractivity contribution is -0.120. The first-order valence-corrected chi connectivity index (χ1v) is 7.76. The topological polar surface area (TPSA) is 66.5 Å². The highest BCUT2D eigenvalue weighted by Gasteiger charge is 2.60. The summed E-state index contributed by atoms with van der Waals surface area (Å²) in [5.74, 6) is -0.365. The molecule has 0 radical (unpaired) electrons. The molecule has 6 heteroatoms. The van der Waals surface area contributed by atoms with E-state index in [1.54, 1.807) is 12.1 Å². The van der Waals surface area contributed by atoms with Crippen LogP contribution in [0.3, 0.4) is 0 Å². The van der Waals surface area contributed by atoms with E-state index >= 15 is 0 Å². The maximum absolute atomic E-state index is 12.1. The van der Waals surface area contributed by atoms with Crippen molar-refractivity contribution in [2.45, 2.75) is 31.4 Å². The SMILES string of the molecule is CC1(C)C(=O)N(c2ccc3c(c2)CCCN3)S1(=O)=O. The van der Waals surface area contributed by atoms with Crippen molar-refractivity contribution in [1.29, 1.82) is 0 Å². The number of anilines is 2. The fourth-order valence-electron chi connectivity index (χ4n) is 2.50. The van der Waals surface area contributed by atoms with Crippen molar-refractivity contribution in [2.24, 2.45) is 0 Å². The van der Waals surface area contributed by atoms with Gasteiger partial charge < -0.3 is 5.32 Å². The highest BCUT2D eigenvalue weighted by Crippen LogP contribution is 2.40. The molecule has 0 atom stereocenters. The van der Waals surface area contributed by atoms with Crippen molar-refractivity contribution in [3.05, 3.63) is 23.8 Å². The number of carbonyl (C=O) groups is 1. The molecule has 0 aliphatic carbocycles. The molecule has 0 unspecified atom stereocenters. The van der Waals surface area contributed by atoms with E-state index in [1.165, 1.54) is 13.8 Å². The van der Waals surface area contributed by atoms with Crippen molar-refractivity contribution < 1.29 is 13.2 Å². The Morgan fingerprint density at radius 2 is 2.05 bits per heavy atom. The van der Waals surface area contributed by atoms with Gasteiger partial charge in [0.15, 0.2) is 4.75 Å². The summed E-state index contributed by atoms with van der Waals surface area (Å²) in [5.41, 5.74) is 2.54. The van der Waals surface area contributed by atoms with Gasteiger partial charge in [0.1, 0.15) is 0 Å². The van der Waals surface area contributed by atoms with E-state index in [0.29, 0.717) is 5.69 Å². The quantitative estimate of drug-likeness (QED) is 0.846. The maximum atomic E-state index is 12.1. The molecule has 2 aliphatic rings. The average molecular weight is 280 g/mol. The summed E-state index contributed by atoms with van der Waals surface area (Å²) in [4.78, 5) is 12.0. The minimum absolute atomic E-state index is 0.365. The number of nitrogens with zero attached hydrogens (tertiary/aromatic N) is 1. The van der Waals surface area contributed by atoms with Crippen LogP contribution >= 0.6 is 0 Å². The molecule has 2 aliphatic heterocycles. The summed E-state index contributed by atoms with van der Waals surface area (Å²) >= 11 is 0. The standard InChI is InChI=1S/C13H16N2O3S/c1-13(2)12(16)15(19(13,17)18)10-5-6-11-9(8-10)4-3-7-14-11/h5-6,8,14H,3-4,7H2,1-2H3. The molecule has 0 saturated carbocycles. The Balaban J connectivity index is 2.03. The predicted octanol–water partition coefficient (Wildman–Crippen LogP) is 1.50. The van der Waals surface area contributed by atoms with Crippen molar-refractivity contribution >= 4 is 27.3 Å². The smallest absolute Gasteiger partial charge is 0.263 e. The van der Waals surface area contributed by atoms with Crippen molar-refractivity contribution in [3.63, 3.8) is 0 Å². The molecule has 1 aromatic carbocycles. The molecule has 0 bridgehead atoms. The van der Waals surface area contributed by atoms with Crippen LogP contribution in [0.2, 0.25) is 0 Å². The Hall–Kier alpha value is -1.56. The van der Waals surface area contributed by atoms with Gasteiger partial charge in [0.05, 0.1) is 5.69 Å². The number of carbonyl (C=O) groups excluding carboxylic acids is 1. The fraction of sp³-hybridized carbons (Fsp3) is 0.462. The second kappa shape index (κ2) is 3.72. The molecule has 1 saturated heterocycles. The molecule has 102 valence electrons. The number of hydrogen-bond donors (Lipinski definition) is 1. The molecule has 2 heterocycles. The minimum atomic E-state index is -3.57. The number of fused-ring (bicyclic) bond motifs is 1. The van der Waals surface area contributed by atoms with Gasteiger partial charge in [0.2, 0.25) is 0 Å². The molecule has 1 fully saturated rings. The Kier molecular flexibility index (Phi) is 2.44. The van der Waals surface area contributed by atoms with E-state index in [1.807, 2.05) is 6.07 Å². The van der Waals surface area contributed by atoms with E-state index in [0.717, 1.165) is 34.9 Å². The number of aryl methyl sites for hydroxylation is 1. The third kappa shape index (κ3) is 1.52. The number of rotatable bonds is 1. The van der Waals surface area contributed by atoms with E-state index in [-0.39, 0.29) is 5.91 Å². The van der Waals surface area contributed by atoms with Gasteiger partial charge in [-0.1, -0.05) is 0 Å². The molecule has 19 heavy (non-hydrogen) atoms. The Labute approximate surface area is 112 Å². The van der Waals surface area contributed by atoms with Crippen LogP contribution in [0.15, 0.2) is 18.2 Å². The van der Waals surface area contributed by atoms with Crippen LogP contribution in [0.25, 0.3) is 0 Å². The maximum Gasteiger partial charge on any atom is 0.263 e. The predicted molar refractivity (Wildman–Crippen MR) is 73.7 cm³/mol. The zero-order valence-electron chi connectivity index (χ0n) is 10.9. The Morgan fingerprint density at radius 1 is 1.32 bits per heavy atom. The molecule has 0 aromatic heterocycles. The number of nitrogens with one attached hydrogen (secondary N) is 1. The Bertz CT molecular complexity index is 664. The highest BCUT2D eigenvalue weighted by atomic mass is 32.2. The van der Waals surface area contributed by atoms with E-state index < -0.39 is 14.8 Å². The van der Waals surface area contributed by atoms with Crippen LogP contribution in [-0.4, -0.2) is 25.6 Å². The molecule has 1 N–H and O–H groups in total. The van der Waals surface area contributed by atoms with E-state index in [4.69, 9.17) is 0 Å². The highest BCUT2D eigenvalue weighted by molar-refractivity contribution is 7.98. The second-order valence-electron chi connectivity index (χ2n) is 5.46. The minimum Gasteiger partial charge on any atom is -0.385 e. The molecule has 1 amide bonds. The van der Waals surface area contributed by atoms with Gasteiger partial charge >= 0.3 is 0 Å². The van der Waals surface area contributed by atoms with Gasteiger partial charge in [-0.2, -0.15) is 0 Å². The van der Waals surface area contributed by atoms with Crippen LogP contribution in [0.4, 0.5) is 11.4 Å². The van der Waals surface area contributed by atoms with Crippen molar-refractivity contribution in [1.82, 2.24) is 0 Å². The van der Waals surface area contributed by atoms with Crippen molar-refractivity contribution in [2.75, 3.05) is 16.2 Å². The van der Waals surface area contributed by atoms with E-state index in [9.17, 15) is 13.2 Å². The molecule has 5 nitrogen and oxygen atoms in total. The zero-order valence-corrected chi connectivity index (χ0v) is 11.8. The average Bonchev–Trinajstić information content (AvgIpc) is 2.38. The second-order valence-corrected chi connectivity index (χ2v) is 7.79. The number of hydrogen-bond acceptors (Lipinski definition) is 4. The third-order valence-corrected chi connectivity index (χ3v) is 6.17. The molecule has 1 aromatic rings. The molecular weight excluding hydrogens is 264 g/mol. The lowest BCUT2D eigenvalue weighted by atomic mass is 10.0. The number of sulfonamides is 1. The van der Waals surface area contributed by atoms with Gasteiger partial charge in [-0.05, 0) is 50.5 Å². The Morgan fingerprint density at radius 3 is 2.74 bits per heavy atom. The summed E-state index contributed by atoms with van der Waals surface area (Å²) in [7, 11) is -3.57. The molecule has 0 spiro atoms. The summed E-state index contributed by atoms with van der Waals surface area (Å²) in [6, 6.07) is 5.33. The zero-order chi connectivity index (χ0) is 13.8. The number of benzene rings is 1. The van der Waals surface area contributed by atoms with Crippen LogP contribution in [0.1, 0.15) is 25.8 Å². The summed E-state index contributed by atoms with van der Waals surface area (Å²) < 4.78 is 23.9.